The number of hydrogen-bond acceptors (Lipinski definition) is 7. The highest BCUT2D eigenvalue weighted by atomic mass is 19.3. The molecule has 0 radical (unpaired) electrons. The number of aromatic nitrogens is 5. The molecule has 9 nitrogen and oxygen atoms in total. The monoisotopic (exact) mass is 443 g/mol. The molecule has 1 aliphatic rings. The van der Waals surface area contributed by atoms with E-state index < -0.39 is 12.0 Å². The van der Waals surface area contributed by atoms with Crippen LogP contribution in [-0.4, -0.2) is 51.2 Å². The third kappa shape index (κ3) is 3.97. The van der Waals surface area contributed by atoms with Gasteiger partial charge in [-0.05, 0) is 41.3 Å². The van der Waals surface area contributed by atoms with Gasteiger partial charge in [-0.25, -0.2) is 4.98 Å². The number of anilines is 2. The summed E-state index contributed by atoms with van der Waals surface area (Å²) in [5.41, 5.74) is 1.52. The zero-order valence-corrected chi connectivity index (χ0v) is 17.8. The summed E-state index contributed by atoms with van der Waals surface area (Å²) in [5, 5.41) is 16.7. The van der Waals surface area contributed by atoms with Crippen LogP contribution < -0.4 is 15.0 Å². The first-order valence-electron chi connectivity index (χ1n) is 10.1. The highest BCUT2D eigenvalue weighted by molar-refractivity contribution is 6.02. The molecule has 0 spiro atoms. The molecule has 1 fully saturated rings. The van der Waals surface area contributed by atoms with Gasteiger partial charge in [0.05, 0.1) is 0 Å². The van der Waals surface area contributed by atoms with Crippen LogP contribution in [0.4, 0.5) is 20.4 Å². The minimum absolute atomic E-state index is 0.0836. The molecular weight excluding hydrogens is 420 g/mol. The summed E-state index contributed by atoms with van der Waals surface area (Å²) < 4.78 is 30.3. The number of nitrogens with zero attached hydrogens (tertiary/aromatic N) is 5. The minimum atomic E-state index is -3.06. The number of carbonyl (C=O) groups is 1. The van der Waals surface area contributed by atoms with E-state index in [0.29, 0.717) is 24.7 Å². The number of hydrogen-bond donors (Lipinski definition) is 2. The van der Waals surface area contributed by atoms with Crippen LogP contribution in [0.3, 0.4) is 0 Å². The van der Waals surface area contributed by atoms with Gasteiger partial charge in [0.25, 0.3) is 5.95 Å². The number of amides is 1. The Labute approximate surface area is 183 Å². The van der Waals surface area contributed by atoms with Crippen molar-refractivity contribution in [1.29, 1.82) is 0 Å². The van der Waals surface area contributed by atoms with E-state index >= 15 is 0 Å². The molecule has 11 heteroatoms. The normalized spacial score (nSPS) is 15.0. The number of pyridine rings is 1. The lowest BCUT2D eigenvalue weighted by Gasteiger charge is -2.49. The topological polar surface area (TPSA) is 109 Å². The van der Waals surface area contributed by atoms with Crippen molar-refractivity contribution in [2.45, 2.75) is 38.7 Å². The molecule has 0 saturated carbocycles. The lowest BCUT2D eigenvalue weighted by molar-refractivity contribution is -0.122. The van der Waals surface area contributed by atoms with E-state index in [2.05, 4.69) is 49.5 Å². The van der Waals surface area contributed by atoms with Gasteiger partial charge in [-0.3, -0.25) is 4.79 Å². The van der Waals surface area contributed by atoms with Crippen molar-refractivity contribution in [3.05, 3.63) is 53.2 Å². The van der Waals surface area contributed by atoms with Crippen molar-refractivity contribution in [2.24, 2.45) is 0 Å². The molecule has 1 saturated heterocycles. The van der Waals surface area contributed by atoms with E-state index in [1.54, 1.807) is 13.0 Å². The van der Waals surface area contributed by atoms with Gasteiger partial charge in [0.2, 0.25) is 11.8 Å². The Balaban J connectivity index is 1.70. The second-order valence-electron chi connectivity index (χ2n) is 8.03. The maximum Gasteiger partial charge on any atom is 0.388 e. The van der Waals surface area contributed by atoms with E-state index in [4.69, 9.17) is 0 Å². The van der Waals surface area contributed by atoms with Crippen LogP contribution in [-0.2, 0) is 10.2 Å². The van der Waals surface area contributed by atoms with E-state index in [-0.39, 0.29) is 23.4 Å². The largest absolute Gasteiger partial charge is 0.415 e. The number of rotatable bonds is 7. The smallest absolute Gasteiger partial charge is 0.388 e. The van der Waals surface area contributed by atoms with E-state index in [1.165, 1.54) is 6.07 Å². The number of carbonyl (C=O) groups excluding carboxylic acids is 1. The zero-order chi connectivity index (χ0) is 22.9. The summed E-state index contributed by atoms with van der Waals surface area (Å²) >= 11 is 0. The zero-order valence-electron chi connectivity index (χ0n) is 17.8. The second kappa shape index (κ2) is 8.48. The molecule has 2 aromatic heterocycles. The first-order valence-corrected chi connectivity index (χ1v) is 10.1. The summed E-state index contributed by atoms with van der Waals surface area (Å²) in [6, 6.07) is 10.9. The number of alkyl halides is 2. The minimum Gasteiger partial charge on any atom is -0.415 e. The fourth-order valence-electron chi connectivity index (χ4n) is 3.95. The molecule has 3 heterocycles. The van der Waals surface area contributed by atoms with Crippen molar-refractivity contribution in [2.75, 3.05) is 23.3 Å². The molecule has 2 N–H and O–H groups in total. The Morgan fingerprint density at radius 2 is 1.97 bits per heavy atom. The number of halogens is 2. The van der Waals surface area contributed by atoms with E-state index in [9.17, 15) is 13.6 Å². The highest BCUT2D eigenvalue weighted by Crippen LogP contribution is 2.41. The number of H-pyrrole nitrogens is 1. The number of ether oxygens (including phenoxy) is 1. The summed E-state index contributed by atoms with van der Waals surface area (Å²) in [6.45, 7) is 3.29. The van der Waals surface area contributed by atoms with Crippen molar-refractivity contribution >= 4 is 17.5 Å². The number of aromatic amines is 1. The molecule has 32 heavy (non-hydrogen) atoms. The van der Waals surface area contributed by atoms with Crippen molar-refractivity contribution < 1.29 is 18.3 Å². The maximum absolute atomic E-state index is 13.7. The highest BCUT2D eigenvalue weighted by Gasteiger charge is 2.53. The predicted molar refractivity (Wildman–Crippen MR) is 113 cm³/mol. The van der Waals surface area contributed by atoms with Gasteiger partial charge < -0.3 is 15.0 Å². The van der Waals surface area contributed by atoms with Crippen molar-refractivity contribution in [3.8, 4) is 5.88 Å². The fourth-order valence-corrected chi connectivity index (χ4v) is 3.95. The lowest BCUT2D eigenvalue weighted by atomic mass is 9.70. The Hall–Kier alpha value is -3.63. The average Bonchev–Trinajstić information content (AvgIpc) is 3.23. The number of nitrogens with one attached hydrogen (secondary N) is 2. The molecule has 1 aromatic carbocycles. The Morgan fingerprint density at radius 1 is 1.22 bits per heavy atom. The summed E-state index contributed by atoms with van der Waals surface area (Å²) in [5.74, 6) is -0.117. The Bertz CT molecular complexity index is 1100. The number of benzene rings is 1. The quantitative estimate of drug-likeness (QED) is 0.578. The first-order chi connectivity index (χ1) is 15.3. The van der Waals surface area contributed by atoms with E-state index in [0.717, 1.165) is 11.1 Å². The van der Waals surface area contributed by atoms with Crippen LogP contribution in [0.15, 0.2) is 36.4 Å². The van der Waals surface area contributed by atoms with E-state index in [1.807, 2.05) is 29.2 Å². The van der Waals surface area contributed by atoms with Crippen molar-refractivity contribution in [3.63, 3.8) is 0 Å². The predicted octanol–water partition coefficient (Wildman–Crippen LogP) is 3.02. The molecule has 0 unspecified atom stereocenters. The third-order valence-corrected chi connectivity index (χ3v) is 5.52. The number of tetrazole rings is 1. The first kappa shape index (κ1) is 21.6. The SMILES string of the molecule is Cc1ccc(NC(=O)C2(c3ccccc3C(C)C)CN(c3nn[nH]n3)C2)c(OC(F)F)n1. The van der Waals surface area contributed by atoms with Gasteiger partial charge in [-0.2, -0.15) is 14.0 Å². The molecule has 168 valence electrons. The average molecular weight is 443 g/mol. The molecule has 0 bridgehead atoms. The van der Waals surface area contributed by atoms with Gasteiger partial charge >= 0.3 is 6.61 Å². The maximum atomic E-state index is 13.7. The molecule has 0 atom stereocenters. The van der Waals surface area contributed by atoms with Crippen LogP contribution in [0.25, 0.3) is 0 Å². The lowest BCUT2D eigenvalue weighted by Crippen LogP contribution is -2.66. The van der Waals surface area contributed by atoms with Crippen molar-refractivity contribution in [1.82, 2.24) is 25.6 Å². The number of aryl methyl sites for hydroxylation is 1. The van der Waals surface area contributed by atoms with Crippen LogP contribution in [0.5, 0.6) is 5.88 Å². The Morgan fingerprint density at radius 3 is 2.62 bits per heavy atom. The molecule has 0 aliphatic carbocycles. The summed E-state index contributed by atoms with van der Waals surface area (Å²) in [6.07, 6.45) is 0. The molecule has 4 rings (SSSR count). The van der Waals surface area contributed by atoms with Gasteiger partial charge in [0.15, 0.2) is 0 Å². The van der Waals surface area contributed by atoms with Crippen LogP contribution >= 0.6 is 0 Å². The molecule has 3 aromatic rings. The van der Waals surface area contributed by atoms with Gasteiger partial charge in [0, 0.05) is 18.8 Å². The fraction of sp³-hybridized carbons (Fsp3) is 0.381. The standard InChI is InChI=1S/C21H23F2N7O2/c1-12(2)14-6-4-5-7-15(14)21(10-30(11-21)20-26-28-29-27-20)18(31)25-16-9-8-13(3)24-17(16)32-19(22)23/h4-9,12,19H,10-11H2,1-3H3,(H,25,31)(H,26,27,28,29). The molecular formula is C21H23F2N7O2. The summed E-state index contributed by atoms with van der Waals surface area (Å²) in [4.78, 5) is 19.5. The van der Waals surface area contributed by atoms with Gasteiger partial charge in [-0.15, -0.1) is 5.10 Å². The van der Waals surface area contributed by atoms with Crippen LogP contribution in [0.2, 0.25) is 0 Å². The third-order valence-electron chi connectivity index (χ3n) is 5.52. The van der Waals surface area contributed by atoms with Gasteiger partial charge in [-0.1, -0.05) is 43.2 Å². The van der Waals surface area contributed by atoms with Crippen LogP contribution in [0, 0.1) is 6.92 Å². The van der Waals surface area contributed by atoms with Crippen LogP contribution in [0.1, 0.15) is 36.6 Å². The second-order valence-corrected chi connectivity index (χ2v) is 8.03. The Kier molecular flexibility index (Phi) is 5.72. The van der Waals surface area contributed by atoms with Gasteiger partial charge in [0.1, 0.15) is 11.1 Å². The molecule has 1 amide bonds. The molecule has 1 aliphatic heterocycles. The summed E-state index contributed by atoms with van der Waals surface area (Å²) in [7, 11) is 0.